The summed E-state index contributed by atoms with van der Waals surface area (Å²) in [5, 5.41) is 9.93. The SMILES string of the molecule is CCCCCC(O)/C=C/c1ccc(CCCCCCCC(=O)OC)s1. The molecule has 1 rings (SSSR count). The molecule has 4 heteroatoms. The van der Waals surface area contributed by atoms with Gasteiger partial charge in [-0.3, -0.25) is 4.79 Å². The van der Waals surface area contributed by atoms with Crippen LogP contribution in [0.25, 0.3) is 6.08 Å². The number of rotatable bonds is 14. The van der Waals surface area contributed by atoms with E-state index in [1.165, 1.54) is 49.0 Å². The number of aryl methyl sites for hydroxylation is 1. The first kappa shape index (κ1) is 21.9. The molecule has 0 bridgehead atoms. The monoisotopic (exact) mass is 366 g/mol. The Bertz CT molecular complexity index is 493. The van der Waals surface area contributed by atoms with Gasteiger partial charge in [0, 0.05) is 16.2 Å². The van der Waals surface area contributed by atoms with Crippen LogP contribution in [0.1, 0.15) is 80.9 Å². The van der Waals surface area contributed by atoms with E-state index in [2.05, 4.69) is 29.9 Å². The van der Waals surface area contributed by atoms with Crippen molar-refractivity contribution in [3.05, 3.63) is 28.0 Å². The summed E-state index contributed by atoms with van der Waals surface area (Å²) in [6.07, 6.45) is 15.3. The standard InChI is InChI=1S/C21H34O3S/c1-3-4-8-11-18(22)14-15-20-17-16-19(25-20)12-9-6-5-7-10-13-21(23)24-2/h14-18,22H,3-13H2,1-2H3/b15-14+. The van der Waals surface area contributed by atoms with Crippen molar-refractivity contribution in [2.24, 2.45) is 0 Å². The lowest BCUT2D eigenvalue weighted by atomic mass is 10.1. The van der Waals surface area contributed by atoms with E-state index in [4.69, 9.17) is 0 Å². The van der Waals surface area contributed by atoms with Crippen LogP contribution in [0.4, 0.5) is 0 Å². The quantitative estimate of drug-likeness (QED) is 0.336. The predicted molar refractivity (Wildman–Crippen MR) is 107 cm³/mol. The highest BCUT2D eigenvalue weighted by atomic mass is 32.1. The third-order valence-corrected chi connectivity index (χ3v) is 5.41. The van der Waals surface area contributed by atoms with Crippen LogP contribution in [0.15, 0.2) is 18.2 Å². The van der Waals surface area contributed by atoms with Gasteiger partial charge in [-0.15, -0.1) is 11.3 Å². The fourth-order valence-corrected chi connectivity index (χ4v) is 3.69. The van der Waals surface area contributed by atoms with Crippen molar-refractivity contribution in [1.29, 1.82) is 0 Å². The van der Waals surface area contributed by atoms with Crippen LogP contribution in [0.5, 0.6) is 0 Å². The van der Waals surface area contributed by atoms with E-state index in [1.807, 2.05) is 17.4 Å². The molecule has 0 aliphatic rings. The highest BCUT2D eigenvalue weighted by Gasteiger charge is 2.02. The van der Waals surface area contributed by atoms with E-state index in [-0.39, 0.29) is 12.1 Å². The summed E-state index contributed by atoms with van der Waals surface area (Å²) in [6.45, 7) is 2.18. The molecule has 0 amide bonds. The average molecular weight is 367 g/mol. The number of unbranched alkanes of at least 4 members (excludes halogenated alkanes) is 6. The maximum atomic E-state index is 11.0. The van der Waals surface area contributed by atoms with Crippen molar-refractivity contribution in [3.8, 4) is 0 Å². The Hall–Kier alpha value is -1.13. The summed E-state index contributed by atoms with van der Waals surface area (Å²) in [5.74, 6) is -0.102. The zero-order valence-corrected chi connectivity index (χ0v) is 16.7. The van der Waals surface area contributed by atoms with Crippen LogP contribution in [-0.4, -0.2) is 24.3 Å². The van der Waals surface area contributed by atoms with Crippen molar-refractivity contribution < 1.29 is 14.6 Å². The number of hydrogen-bond acceptors (Lipinski definition) is 4. The number of aliphatic hydroxyl groups is 1. The van der Waals surface area contributed by atoms with Gasteiger partial charge in [-0.2, -0.15) is 0 Å². The van der Waals surface area contributed by atoms with E-state index >= 15 is 0 Å². The number of aliphatic hydroxyl groups excluding tert-OH is 1. The van der Waals surface area contributed by atoms with Gasteiger partial charge in [-0.25, -0.2) is 0 Å². The minimum atomic E-state index is -0.318. The Balaban J connectivity index is 2.13. The third kappa shape index (κ3) is 11.2. The summed E-state index contributed by atoms with van der Waals surface area (Å²) < 4.78 is 4.64. The summed E-state index contributed by atoms with van der Waals surface area (Å²) in [6, 6.07) is 4.34. The molecule has 1 aromatic rings. The molecule has 142 valence electrons. The van der Waals surface area contributed by atoms with Gasteiger partial charge < -0.3 is 9.84 Å². The Labute approximate surface area is 157 Å². The molecule has 0 spiro atoms. The van der Waals surface area contributed by atoms with E-state index in [0.717, 1.165) is 32.1 Å². The van der Waals surface area contributed by atoms with E-state index in [1.54, 1.807) is 0 Å². The van der Waals surface area contributed by atoms with Crippen molar-refractivity contribution in [3.63, 3.8) is 0 Å². The summed E-state index contributed by atoms with van der Waals surface area (Å²) in [5.41, 5.74) is 0. The third-order valence-electron chi connectivity index (χ3n) is 4.30. The number of ether oxygens (including phenoxy) is 1. The van der Waals surface area contributed by atoms with Gasteiger partial charge in [0.2, 0.25) is 0 Å². The molecule has 1 heterocycles. The fraction of sp³-hybridized carbons (Fsp3) is 0.667. The predicted octanol–water partition coefficient (Wildman–Crippen LogP) is 5.76. The molecule has 0 radical (unpaired) electrons. The van der Waals surface area contributed by atoms with Crippen LogP contribution in [0.2, 0.25) is 0 Å². The van der Waals surface area contributed by atoms with Crippen LogP contribution in [-0.2, 0) is 16.0 Å². The van der Waals surface area contributed by atoms with E-state index < -0.39 is 0 Å². The number of methoxy groups -OCH3 is 1. The molecule has 1 atom stereocenters. The highest BCUT2D eigenvalue weighted by Crippen LogP contribution is 2.21. The second kappa shape index (κ2) is 14.1. The molecule has 1 aromatic heterocycles. The van der Waals surface area contributed by atoms with E-state index in [0.29, 0.717) is 6.42 Å². The average Bonchev–Trinajstić information content (AvgIpc) is 3.07. The van der Waals surface area contributed by atoms with Crippen LogP contribution < -0.4 is 0 Å². The van der Waals surface area contributed by atoms with Crippen molar-refractivity contribution in [1.82, 2.24) is 0 Å². The van der Waals surface area contributed by atoms with Gasteiger partial charge in [-0.05, 0) is 43.9 Å². The van der Waals surface area contributed by atoms with Crippen molar-refractivity contribution >= 4 is 23.4 Å². The van der Waals surface area contributed by atoms with Gasteiger partial charge in [0.15, 0.2) is 0 Å². The van der Waals surface area contributed by atoms with Gasteiger partial charge in [0.05, 0.1) is 13.2 Å². The summed E-state index contributed by atoms with van der Waals surface area (Å²) in [4.78, 5) is 13.6. The molecular weight excluding hydrogens is 332 g/mol. The smallest absolute Gasteiger partial charge is 0.305 e. The first-order valence-corrected chi connectivity index (χ1v) is 10.5. The van der Waals surface area contributed by atoms with Gasteiger partial charge in [0.25, 0.3) is 0 Å². The van der Waals surface area contributed by atoms with Crippen molar-refractivity contribution in [2.45, 2.75) is 83.7 Å². The molecule has 1 unspecified atom stereocenters. The molecule has 3 nitrogen and oxygen atoms in total. The van der Waals surface area contributed by atoms with Crippen LogP contribution in [0, 0.1) is 0 Å². The van der Waals surface area contributed by atoms with Gasteiger partial charge >= 0.3 is 5.97 Å². The molecule has 0 aliphatic carbocycles. The molecule has 0 fully saturated rings. The normalized spacial score (nSPS) is 12.6. The molecule has 0 aliphatic heterocycles. The first-order chi connectivity index (χ1) is 12.2. The number of carbonyl (C=O) groups excluding carboxylic acids is 1. The topological polar surface area (TPSA) is 46.5 Å². The Kier molecular flexibility index (Phi) is 12.3. The number of carbonyl (C=O) groups is 1. The summed E-state index contributed by atoms with van der Waals surface area (Å²) >= 11 is 1.82. The molecule has 1 N–H and O–H groups in total. The van der Waals surface area contributed by atoms with Crippen molar-refractivity contribution in [2.75, 3.05) is 7.11 Å². The Morgan fingerprint density at radius 1 is 1.16 bits per heavy atom. The summed E-state index contributed by atoms with van der Waals surface area (Å²) in [7, 11) is 1.44. The zero-order valence-electron chi connectivity index (χ0n) is 15.8. The maximum Gasteiger partial charge on any atom is 0.305 e. The van der Waals surface area contributed by atoms with Gasteiger partial charge in [0.1, 0.15) is 0 Å². The molecule has 25 heavy (non-hydrogen) atoms. The van der Waals surface area contributed by atoms with E-state index in [9.17, 15) is 9.90 Å². The first-order valence-electron chi connectivity index (χ1n) is 9.67. The molecule has 0 aromatic carbocycles. The number of thiophene rings is 1. The van der Waals surface area contributed by atoms with Crippen LogP contribution >= 0.6 is 11.3 Å². The number of esters is 1. The Morgan fingerprint density at radius 2 is 1.92 bits per heavy atom. The lowest BCUT2D eigenvalue weighted by Crippen LogP contribution is -2.00. The Morgan fingerprint density at radius 3 is 2.68 bits per heavy atom. The van der Waals surface area contributed by atoms with Crippen LogP contribution in [0.3, 0.4) is 0 Å². The minimum absolute atomic E-state index is 0.102. The minimum Gasteiger partial charge on any atom is -0.469 e. The lowest BCUT2D eigenvalue weighted by molar-refractivity contribution is -0.140. The second-order valence-corrected chi connectivity index (χ2v) is 7.77. The molecule has 0 saturated carbocycles. The second-order valence-electron chi connectivity index (χ2n) is 6.57. The van der Waals surface area contributed by atoms with Gasteiger partial charge in [-0.1, -0.05) is 51.5 Å². The lowest BCUT2D eigenvalue weighted by Gasteiger charge is -2.03. The molecular formula is C21H34O3S. The largest absolute Gasteiger partial charge is 0.469 e. The zero-order chi connectivity index (χ0) is 18.3. The highest BCUT2D eigenvalue weighted by molar-refractivity contribution is 7.12. The number of hydrogen-bond donors (Lipinski definition) is 1. The fourth-order valence-electron chi connectivity index (χ4n) is 2.73. The maximum absolute atomic E-state index is 11.0. The molecule has 0 saturated heterocycles.